The molecular formula is C14H16N2O4S. The lowest BCUT2D eigenvalue weighted by Crippen LogP contribution is -2.12. The molecule has 2 rings (SSSR count). The Morgan fingerprint density at radius 2 is 1.86 bits per heavy atom. The Hall–Kier alpha value is -2.15. The second-order valence-electron chi connectivity index (χ2n) is 4.06. The number of rotatable bonds is 6. The van der Waals surface area contributed by atoms with Crippen LogP contribution in [-0.2, 0) is 20.7 Å². The van der Waals surface area contributed by atoms with E-state index in [1.54, 1.807) is 18.4 Å². The average Bonchev–Trinajstić information content (AvgIpc) is 3.07. The molecular weight excluding hydrogens is 292 g/mol. The van der Waals surface area contributed by atoms with Gasteiger partial charge in [-0.05, 0) is 26.0 Å². The molecule has 6 nitrogen and oxygen atoms in total. The highest BCUT2D eigenvalue weighted by Gasteiger charge is 2.22. The van der Waals surface area contributed by atoms with Gasteiger partial charge in [0, 0.05) is 12.4 Å². The van der Waals surface area contributed by atoms with Crippen LogP contribution in [0, 0.1) is 0 Å². The molecule has 0 radical (unpaired) electrons. The molecule has 0 unspecified atom stereocenters. The standard InChI is InChI=1S/C14H16N2O4S/c1-3-19-11(17)9-10-12(13(18)20-4-2)21-14(15-10)16-7-5-6-8-16/h5-8H,3-4,9H2,1-2H3. The third-order valence-electron chi connectivity index (χ3n) is 2.59. The van der Waals surface area contributed by atoms with Crippen molar-refractivity contribution in [2.45, 2.75) is 20.3 Å². The third-order valence-corrected chi connectivity index (χ3v) is 3.68. The van der Waals surface area contributed by atoms with Gasteiger partial charge in [0.05, 0.1) is 25.3 Å². The van der Waals surface area contributed by atoms with E-state index in [9.17, 15) is 9.59 Å². The van der Waals surface area contributed by atoms with E-state index in [1.807, 2.05) is 24.5 Å². The van der Waals surface area contributed by atoms with Gasteiger partial charge in [-0.1, -0.05) is 11.3 Å². The second-order valence-corrected chi connectivity index (χ2v) is 5.04. The highest BCUT2D eigenvalue weighted by atomic mass is 32.1. The van der Waals surface area contributed by atoms with Crippen LogP contribution in [0.1, 0.15) is 29.2 Å². The molecule has 0 aliphatic rings. The number of ether oxygens (including phenoxy) is 2. The summed E-state index contributed by atoms with van der Waals surface area (Å²) in [6.45, 7) is 4.03. The van der Waals surface area contributed by atoms with Gasteiger partial charge >= 0.3 is 11.9 Å². The van der Waals surface area contributed by atoms with Crippen molar-refractivity contribution in [2.75, 3.05) is 13.2 Å². The van der Waals surface area contributed by atoms with Crippen LogP contribution < -0.4 is 0 Å². The van der Waals surface area contributed by atoms with Gasteiger partial charge in [-0.2, -0.15) is 0 Å². The molecule has 112 valence electrons. The second kappa shape index (κ2) is 7.03. The molecule has 0 aromatic carbocycles. The number of esters is 2. The molecule has 7 heteroatoms. The molecule has 0 bridgehead atoms. The van der Waals surface area contributed by atoms with Crippen molar-refractivity contribution in [2.24, 2.45) is 0 Å². The normalized spacial score (nSPS) is 10.4. The van der Waals surface area contributed by atoms with Crippen LogP contribution in [-0.4, -0.2) is 34.7 Å². The van der Waals surface area contributed by atoms with Crippen molar-refractivity contribution < 1.29 is 19.1 Å². The Kier molecular flexibility index (Phi) is 5.10. The molecule has 0 aliphatic heterocycles. The van der Waals surface area contributed by atoms with Crippen LogP contribution in [0.3, 0.4) is 0 Å². The molecule has 0 aliphatic carbocycles. The quantitative estimate of drug-likeness (QED) is 0.765. The predicted molar refractivity (Wildman–Crippen MR) is 77.7 cm³/mol. The van der Waals surface area contributed by atoms with Gasteiger partial charge < -0.3 is 14.0 Å². The topological polar surface area (TPSA) is 70.4 Å². The largest absolute Gasteiger partial charge is 0.466 e. The summed E-state index contributed by atoms with van der Waals surface area (Å²) in [7, 11) is 0. The zero-order valence-electron chi connectivity index (χ0n) is 11.9. The average molecular weight is 308 g/mol. The SMILES string of the molecule is CCOC(=O)Cc1nc(-n2cccc2)sc1C(=O)OCC. The smallest absolute Gasteiger partial charge is 0.350 e. The lowest BCUT2D eigenvalue weighted by atomic mass is 10.3. The van der Waals surface area contributed by atoms with E-state index in [2.05, 4.69) is 4.98 Å². The van der Waals surface area contributed by atoms with Crippen LogP contribution in [0.5, 0.6) is 0 Å². The number of carbonyl (C=O) groups excluding carboxylic acids is 2. The molecule has 0 atom stereocenters. The summed E-state index contributed by atoms with van der Waals surface area (Å²) in [6.07, 6.45) is 3.60. The number of carbonyl (C=O) groups is 2. The lowest BCUT2D eigenvalue weighted by Gasteiger charge is -2.02. The van der Waals surface area contributed by atoms with Crippen molar-refractivity contribution >= 4 is 23.3 Å². The Morgan fingerprint density at radius 1 is 1.19 bits per heavy atom. The minimum Gasteiger partial charge on any atom is -0.466 e. The Morgan fingerprint density at radius 3 is 2.48 bits per heavy atom. The van der Waals surface area contributed by atoms with Crippen molar-refractivity contribution in [1.82, 2.24) is 9.55 Å². The molecule has 0 fully saturated rings. The fourth-order valence-electron chi connectivity index (χ4n) is 1.74. The summed E-state index contributed by atoms with van der Waals surface area (Å²) in [5, 5.41) is 0.613. The number of hydrogen-bond donors (Lipinski definition) is 0. The van der Waals surface area contributed by atoms with Crippen LogP contribution in [0.15, 0.2) is 24.5 Å². The fourth-order valence-corrected chi connectivity index (χ4v) is 2.68. The van der Waals surface area contributed by atoms with Crippen LogP contribution in [0.25, 0.3) is 5.13 Å². The summed E-state index contributed by atoms with van der Waals surface area (Å²) in [5.74, 6) is -0.875. The monoisotopic (exact) mass is 308 g/mol. The molecule has 2 aromatic rings. The first-order valence-electron chi connectivity index (χ1n) is 6.61. The predicted octanol–water partition coefficient (Wildman–Crippen LogP) is 2.22. The van der Waals surface area contributed by atoms with Crippen molar-refractivity contribution in [3.63, 3.8) is 0 Å². The zero-order valence-corrected chi connectivity index (χ0v) is 12.7. The Bertz CT molecular complexity index is 619. The van der Waals surface area contributed by atoms with Gasteiger partial charge in [0.15, 0.2) is 5.13 Å². The molecule has 2 aromatic heterocycles. The van der Waals surface area contributed by atoms with E-state index in [4.69, 9.17) is 9.47 Å². The van der Waals surface area contributed by atoms with Crippen LogP contribution in [0.4, 0.5) is 0 Å². The summed E-state index contributed by atoms with van der Waals surface area (Å²) >= 11 is 1.19. The van der Waals surface area contributed by atoms with Gasteiger partial charge in [-0.3, -0.25) is 4.79 Å². The van der Waals surface area contributed by atoms with E-state index in [0.717, 1.165) is 0 Å². The first-order chi connectivity index (χ1) is 10.2. The molecule has 0 saturated carbocycles. The fraction of sp³-hybridized carbons (Fsp3) is 0.357. The van der Waals surface area contributed by atoms with Gasteiger partial charge in [-0.15, -0.1) is 0 Å². The molecule has 2 heterocycles. The zero-order chi connectivity index (χ0) is 15.2. The first kappa shape index (κ1) is 15.2. The van der Waals surface area contributed by atoms with Gasteiger partial charge in [0.25, 0.3) is 0 Å². The summed E-state index contributed by atoms with van der Waals surface area (Å²) in [5.41, 5.74) is 0.389. The maximum absolute atomic E-state index is 12.0. The minimum atomic E-state index is -0.465. The number of thiazole rings is 1. The minimum absolute atomic E-state index is 0.0419. The van der Waals surface area contributed by atoms with Gasteiger partial charge in [-0.25, -0.2) is 9.78 Å². The maximum atomic E-state index is 12.0. The molecule has 21 heavy (non-hydrogen) atoms. The Balaban J connectivity index is 2.31. The van der Waals surface area contributed by atoms with Crippen LogP contribution in [0.2, 0.25) is 0 Å². The van der Waals surface area contributed by atoms with Gasteiger partial charge in [0.2, 0.25) is 0 Å². The van der Waals surface area contributed by atoms with E-state index in [1.165, 1.54) is 11.3 Å². The number of nitrogens with zero attached hydrogens (tertiary/aromatic N) is 2. The summed E-state index contributed by atoms with van der Waals surface area (Å²) < 4.78 is 11.7. The van der Waals surface area contributed by atoms with E-state index in [0.29, 0.717) is 22.3 Å². The molecule has 0 spiro atoms. The summed E-state index contributed by atoms with van der Waals surface area (Å²) in [4.78, 5) is 28.3. The summed E-state index contributed by atoms with van der Waals surface area (Å²) in [6, 6.07) is 3.72. The third kappa shape index (κ3) is 3.69. The number of aromatic nitrogens is 2. The number of hydrogen-bond acceptors (Lipinski definition) is 6. The van der Waals surface area contributed by atoms with Gasteiger partial charge in [0.1, 0.15) is 4.88 Å². The van der Waals surface area contributed by atoms with Crippen molar-refractivity contribution in [3.8, 4) is 5.13 Å². The molecule has 0 N–H and O–H groups in total. The highest BCUT2D eigenvalue weighted by Crippen LogP contribution is 2.24. The van der Waals surface area contributed by atoms with E-state index >= 15 is 0 Å². The first-order valence-corrected chi connectivity index (χ1v) is 7.43. The maximum Gasteiger partial charge on any atom is 0.350 e. The van der Waals surface area contributed by atoms with Crippen molar-refractivity contribution in [3.05, 3.63) is 35.1 Å². The Labute approximate surface area is 126 Å². The van der Waals surface area contributed by atoms with Crippen molar-refractivity contribution in [1.29, 1.82) is 0 Å². The van der Waals surface area contributed by atoms with Crippen LogP contribution >= 0.6 is 11.3 Å². The molecule has 0 saturated heterocycles. The molecule has 0 amide bonds. The lowest BCUT2D eigenvalue weighted by molar-refractivity contribution is -0.142. The van der Waals surface area contributed by atoms with E-state index < -0.39 is 11.9 Å². The van der Waals surface area contributed by atoms with E-state index in [-0.39, 0.29) is 13.0 Å². The highest BCUT2D eigenvalue weighted by molar-refractivity contribution is 7.16.